The smallest absolute Gasteiger partial charge is 0.223 e. The SMILES string of the molecule is CC1CCCN(c2ccc(C(C)NC(=O)C3CCN(C)CC3)cc2)C1. The summed E-state index contributed by atoms with van der Waals surface area (Å²) < 4.78 is 0. The third-order valence-electron chi connectivity index (χ3n) is 5.86. The number of hydrogen-bond acceptors (Lipinski definition) is 3. The molecule has 2 fully saturated rings. The van der Waals surface area contributed by atoms with Crippen molar-refractivity contribution in [3.8, 4) is 0 Å². The molecule has 2 saturated heterocycles. The Morgan fingerprint density at radius 1 is 1.12 bits per heavy atom. The molecule has 4 nitrogen and oxygen atoms in total. The summed E-state index contributed by atoms with van der Waals surface area (Å²) in [5, 5.41) is 3.22. The van der Waals surface area contributed by atoms with Gasteiger partial charge in [-0.05, 0) is 76.4 Å². The molecule has 1 aromatic carbocycles. The van der Waals surface area contributed by atoms with E-state index in [0.29, 0.717) is 0 Å². The Balaban J connectivity index is 1.55. The fourth-order valence-corrected chi connectivity index (χ4v) is 4.08. The molecular formula is C21H33N3O. The third-order valence-corrected chi connectivity index (χ3v) is 5.86. The van der Waals surface area contributed by atoms with Crippen molar-refractivity contribution in [2.24, 2.45) is 11.8 Å². The van der Waals surface area contributed by atoms with Crippen molar-refractivity contribution in [3.63, 3.8) is 0 Å². The lowest BCUT2D eigenvalue weighted by molar-refractivity contribution is -0.127. The molecule has 0 bridgehead atoms. The van der Waals surface area contributed by atoms with Gasteiger partial charge >= 0.3 is 0 Å². The molecule has 2 aliphatic rings. The zero-order valence-electron chi connectivity index (χ0n) is 16.0. The van der Waals surface area contributed by atoms with Crippen LogP contribution in [0.1, 0.15) is 51.1 Å². The highest BCUT2D eigenvalue weighted by Crippen LogP contribution is 2.25. The number of anilines is 1. The van der Waals surface area contributed by atoms with E-state index < -0.39 is 0 Å². The molecule has 2 aliphatic heterocycles. The van der Waals surface area contributed by atoms with Crippen molar-refractivity contribution in [3.05, 3.63) is 29.8 Å². The number of hydrogen-bond donors (Lipinski definition) is 1. The van der Waals surface area contributed by atoms with E-state index in [9.17, 15) is 4.79 Å². The largest absolute Gasteiger partial charge is 0.371 e. The fourth-order valence-electron chi connectivity index (χ4n) is 4.08. The summed E-state index contributed by atoms with van der Waals surface area (Å²) >= 11 is 0. The number of piperidine rings is 2. The van der Waals surface area contributed by atoms with Crippen LogP contribution < -0.4 is 10.2 Å². The van der Waals surface area contributed by atoms with E-state index in [1.807, 2.05) is 0 Å². The van der Waals surface area contributed by atoms with Crippen molar-refractivity contribution in [1.29, 1.82) is 0 Å². The molecule has 0 aromatic heterocycles. The summed E-state index contributed by atoms with van der Waals surface area (Å²) in [4.78, 5) is 17.3. The average Bonchev–Trinajstić information content (AvgIpc) is 2.62. The average molecular weight is 344 g/mol. The number of carbonyl (C=O) groups is 1. The normalized spacial score (nSPS) is 24.1. The molecule has 138 valence electrons. The molecule has 25 heavy (non-hydrogen) atoms. The molecule has 1 amide bonds. The van der Waals surface area contributed by atoms with Crippen molar-refractivity contribution >= 4 is 11.6 Å². The number of rotatable bonds is 4. The number of carbonyl (C=O) groups excluding carboxylic acids is 1. The Labute approximate surface area is 152 Å². The maximum absolute atomic E-state index is 12.5. The van der Waals surface area contributed by atoms with Crippen LogP contribution in [0, 0.1) is 11.8 Å². The molecular weight excluding hydrogens is 310 g/mol. The summed E-state index contributed by atoms with van der Waals surface area (Å²) in [5.74, 6) is 1.17. The van der Waals surface area contributed by atoms with Gasteiger partial charge in [0.1, 0.15) is 0 Å². The van der Waals surface area contributed by atoms with E-state index in [1.54, 1.807) is 0 Å². The van der Waals surface area contributed by atoms with E-state index >= 15 is 0 Å². The first-order valence-corrected chi connectivity index (χ1v) is 9.86. The highest BCUT2D eigenvalue weighted by Gasteiger charge is 2.24. The van der Waals surface area contributed by atoms with Crippen molar-refractivity contribution in [2.45, 2.75) is 45.6 Å². The Kier molecular flexibility index (Phi) is 6.00. The minimum absolute atomic E-state index is 0.0708. The van der Waals surface area contributed by atoms with Crippen LogP contribution >= 0.6 is 0 Å². The van der Waals surface area contributed by atoms with E-state index in [4.69, 9.17) is 0 Å². The quantitative estimate of drug-likeness (QED) is 0.910. The van der Waals surface area contributed by atoms with Crippen LogP contribution in [0.25, 0.3) is 0 Å². The number of benzene rings is 1. The topological polar surface area (TPSA) is 35.6 Å². The molecule has 4 heteroatoms. The predicted molar refractivity (Wildman–Crippen MR) is 104 cm³/mol. The maximum Gasteiger partial charge on any atom is 0.223 e. The van der Waals surface area contributed by atoms with Gasteiger partial charge in [0.15, 0.2) is 0 Å². The first-order valence-electron chi connectivity index (χ1n) is 9.86. The molecule has 0 aliphatic carbocycles. The molecule has 2 atom stereocenters. The predicted octanol–water partition coefficient (Wildman–Crippen LogP) is 3.44. The summed E-state index contributed by atoms with van der Waals surface area (Å²) in [7, 11) is 2.13. The standard InChI is InChI=1S/C21H33N3O/c1-16-5-4-12-24(15-16)20-8-6-18(7-9-20)17(2)22-21(25)19-10-13-23(3)14-11-19/h6-9,16-17,19H,4-5,10-15H2,1-3H3,(H,22,25). The second kappa shape index (κ2) is 8.22. The van der Waals surface area contributed by atoms with Gasteiger partial charge in [-0.1, -0.05) is 19.1 Å². The van der Waals surface area contributed by atoms with Gasteiger partial charge in [-0.3, -0.25) is 4.79 Å². The summed E-state index contributed by atoms with van der Waals surface area (Å²) in [6, 6.07) is 8.85. The highest BCUT2D eigenvalue weighted by molar-refractivity contribution is 5.79. The molecule has 0 saturated carbocycles. The number of amides is 1. The molecule has 1 aromatic rings. The highest BCUT2D eigenvalue weighted by atomic mass is 16.1. The summed E-state index contributed by atoms with van der Waals surface area (Å²) in [6.45, 7) is 8.78. The van der Waals surface area contributed by atoms with Crippen molar-refractivity contribution < 1.29 is 4.79 Å². The van der Waals surface area contributed by atoms with E-state index in [2.05, 4.69) is 60.3 Å². The Bertz CT molecular complexity index is 563. The van der Waals surface area contributed by atoms with Crippen LogP contribution in [0.4, 0.5) is 5.69 Å². The van der Waals surface area contributed by atoms with Crippen LogP contribution in [0.3, 0.4) is 0 Å². The number of likely N-dealkylation sites (tertiary alicyclic amines) is 1. The fraction of sp³-hybridized carbons (Fsp3) is 0.667. The second-order valence-corrected chi connectivity index (χ2v) is 8.09. The molecule has 1 N–H and O–H groups in total. The first-order chi connectivity index (χ1) is 12.0. The Morgan fingerprint density at radius 2 is 1.80 bits per heavy atom. The monoisotopic (exact) mass is 343 g/mol. The third kappa shape index (κ3) is 4.75. The number of nitrogens with zero attached hydrogens (tertiary/aromatic N) is 2. The number of nitrogens with one attached hydrogen (secondary N) is 1. The molecule has 2 unspecified atom stereocenters. The van der Waals surface area contributed by atoms with Crippen LogP contribution in [-0.2, 0) is 4.79 Å². The van der Waals surface area contributed by atoms with Gasteiger partial charge in [0.05, 0.1) is 6.04 Å². The summed E-state index contributed by atoms with van der Waals surface area (Å²) in [6.07, 6.45) is 4.57. The van der Waals surface area contributed by atoms with E-state index in [0.717, 1.165) is 44.9 Å². The van der Waals surface area contributed by atoms with Gasteiger partial charge < -0.3 is 15.1 Å². The first kappa shape index (κ1) is 18.2. The zero-order chi connectivity index (χ0) is 17.8. The van der Waals surface area contributed by atoms with Gasteiger partial charge in [-0.25, -0.2) is 0 Å². The second-order valence-electron chi connectivity index (χ2n) is 8.09. The van der Waals surface area contributed by atoms with Gasteiger partial charge in [-0.2, -0.15) is 0 Å². The van der Waals surface area contributed by atoms with Gasteiger partial charge in [0.25, 0.3) is 0 Å². The molecule has 3 rings (SSSR count). The zero-order valence-corrected chi connectivity index (χ0v) is 16.0. The van der Waals surface area contributed by atoms with E-state index in [-0.39, 0.29) is 17.9 Å². The Hall–Kier alpha value is -1.55. The van der Waals surface area contributed by atoms with Gasteiger partial charge in [0, 0.05) is 24.7 Å². The van der Waals surface area contributed by atoms with Crippen LogP contribution in [0.5, 0.6) is 0 Å². The van der Waals surface area contributed by atoms with Gasteiger partial charge in [0.2, 0.25) is 5.91 Å². The molecule has 0 radical (unpaired) electrons. The minimum atomic E-state index is 0.0708. The van der Waals surface area contributed by atoms with Crippen molar-refractivity contribution in [1.82, 2.24) is 10.2 Å². The summed E-state index contributed by atoms with van der Waals surface area (Å²) in [5.41, 5.74) is 2.50. The molecule has 0 spiro atoms. The lowest BCUT2D eigenvalue weighted by atomic mass is 9.95. The Morgan fingerprint density at radius 3 is 2.44 bits per heavy atom. The van der Waals surface area contributed by atoms with E-state index in [1.165, 1.54) is 24.1 Å². The van der Waals surface area contributed by atoms with Crippen molar-refractivity contribution in [2.75, 3.05) is 38.1 Å². The van der Waals surface area contributed by atoms with Crippen LogP contribution in [-0.4, -0.2) is 44.0 Å². The minimum Gasteiger partial charge on any atom is -0.371 e. The van der Waals surface area contributed by atoms with Crippen LogP contribution in [0.15, 0.2) is 24.3 Å². The lowest BCUT2D eigenvalue weighted by Gasteiger charge is -2.33. The van der Waals surface area contributed by atoms with Gasteiger partial charge in [-0.15, -0.1) is 0 Å². The lowest BCUT2D eigenvalue weighted by Crippen LogP contribution is -2.39. The maximum atomic E-state index is 12.5. The van der Waals surface area contributed by atoms with Crippen LogP contribution in [0.2, 0.25) is 0 Å². The molecule has 2 heterocycles.